The first-order chi connectivity index (χ1) is 10.0. The SMILES string of the molecule is COc1ccc(-c2ccc(C)c(F)c2)cc1CNC(C)C. The maximum atomic E-state index is 13.7. The van der Waals surface area contributed by atoms with Gasteiger partial charge in [0.25, 0.3) is 0 Å². The monoisotopic (exact) mass is 287 g/mol. The number of methoxy groups -OCH3 is 1. The van der Waals surface area contributed by atoms with Crippen molar-refractivity contribution in [3.63, 3.8) is 0 Å². The molecule has 2 rings (SSSR count). The van der Waals surface area contributed by atoms with E-state index < -0.39 is 0 Å². The van der Waals surface area contributed by atoms with Gasteiger partial charge in [-0.25, -0.2) is 4.39 Å². The van der Waals surface area contributed by atoms with Crippen molar-refractivity contribution in [3.05, 3.63) is 53.3 Å². The minimum Gasteiger partial charge on any atom is -0.496 e. The van der Waals surface area contributed by atoms with Gasteiger partial charge in [-0.15, -0.1) is 0 Å². The highest BCUT2D eigenvalue weighted by atomic mass is 19.1. The van der Waals surface area contributed by atoms with E-state index in [1.54, 1.807) is 26.2 Å². The molecule has 0 aliphatic heterocycles. The number of nitrogens with one attached hydrogen (secondary N) is 1. The summed E-state index contributed by atoms with van der Waals surface area (Å²) in [7, 11) is 1.67. The van der Waals surface area contributed by atoms with Crippen molar-refractivity contribution in [2.75, 3.05) is 7.11 Å². The number of hydrogen-bond acceptors (Lipinski definition) is 2. The van der Waals surface area contributed by atoms with E-state index in [1.165, 1.54) is 0 Å². The summed E-state index contributed by atoms with van der Waals surface area (Å²) in [6, 6.07) is 11.7. The predicted molar refractivity (Wildman–Crippen MR) is 85.1 cm³/mol. The predicted octanol–water partition coefficient (Wildman–Crippen LogP) is 4.31. The average Bonchev–Trinajstić information content (AvgIpc) is 2.47. The minimum absolute atomic E-state index is 0.176. The van der Waals surface area contributed by atoms with Crippen LogP contribution in [-0.4, -0.2) is 13.2 Å². The second kappa shape index (κ2) is 6.72. The lowest BCUT2D eigenvalue weighted by atomic mass is 10.0. The zero-order chi connectivity index (χ0) is 15.4. The van der Waals surface area contributed by atoms with Crippen molar-refractivity contribution in [2.45, 2.75) is 33.4 Å². The summed E-state index contributed by atoms with van der Waals surface area (Å²) in [5.74, 6) is 0.671. The van der Waals surface area contributed by atoms with Crippen molar-refractivity contribution in [3.8, 4) is 16.9 Å². The Bertz CT molecular complexity index is 623. The largest absolute Gasteiger partial charge is 0.496 e. The average molecular weight is 287 g/mol. The van der Waals surface area contributed by atoms with E-state index in [1.807, 2.05) is 18.2 Å². The van der Waals surface area contributed by atoms with Crippen molar-refractivity contribution < 1.29 is 9.13 Å². The van der Waals surface area contributed by atoms with Crippen LogP contribution in [0.4, 0.5) is 4.39 Å². The van der Waals surface area contributed by atoms with Crippen LogP contribution >= 0.6 is 0 Å². The standard InChI is InChI=1S/C18H22FNO/c1-12(2)20-11-16-9-14(7-8-18(16)21-4)15-6-5-13(3)17(19)10-15/h5-10,12,20H,11H2,1-4H3. The highest BCUT2D eigenvalue weighted by molar-refractivity contribution is 5.66. The summed E-state index contributed by atoms with van der Waals surface area (Å²) in [6.45, 7) is 6.70. The van der Waals surface area contributed by atoms with Gasteiger partial charge in [0.1, 0.15) is 11.6 Å². The third-order valence-electron chi connectivity index (χ3n) is 3.49. The molecule has 2 aromatic rings. The molecule has 0 atom stereocenters. The Morgan fingerprint density at radius 2 is 1.76 bits per heavy atom. The Kier molecular flexibility index (Phi) is 4.97. The molecule has 0 saturated heterocycles. The molecule has 0 aliphatic carbocycles. The second-order valence-corrected chi connectivity index (χ2v) is 5.53. The van der Waals surface area contributed by atoms with Gasteiger partial charge in [-0.2, -0.15) is 0 Å². The van der Waals surface area contributed by atoms with Crippen molar-refractivity contribution in [1.29, 1.82) is 0 Å². The van der Waals surface area contributed by atoms with Gasteiger partial charge in [0, 0.05) is 18.2 Å². The lowest BCUT2D eigenvalue weighted by molar-refractivity contribution is 0.406. The van der Waals surface area contributed by atoms with Crippen LogP contribution in [-0.2, 0) is 6.54 Å². The van der Waals surface area contributed by atoms with E-state index in [4.69, 9.17) is 4.74 Å². The molecule has 0 amide bonds. The molecule has 0 aliphatic rings. The maximum Gasteiger partial charge on any atom is 0.126 e. The fourth-order valence-corrected chi connectivity index (χ4v) is 2.18. The van der Waals surface area contributed by atoms with E-state index in [0.717, 1.165) is 29.0 Å². The van der Waals surface area contributed by atoms with Crippen molar-refractivity contribution in [1.82, 2.24) is 5.32 Å². The quantitative estimate of drug-likeness (QED) is 0.885. The highest BCUT2D eigenvalue weighted by Crippen LogP contribution is 2.27. The molecular formula is C18H22FNO. The summed E-state index contributed by atoms with van der Waals surface area (Å²) in [6.07, 6.45) is 0. The number of ether oxygens (including phenoxy) is 1. The summed E-state index contributed by atoms with van der Waals surface area (Å²) in [4.78, 5) is 0. The molecule has 2 aromatic carbocycles. The Labute approximate surface area is 126 Å². The van der Waals surface area contributed by atoms with E-state index in [-0.39, 0.29) is 5.82 Å². The molecule has 3 heteroatoms. The molecule has 0 fully saturated rings. The summed E-state index contributed by atoms with van der Waals surface area (Å²) < 4.78 is 19.1. The molecule has 0 unspecified atom stereocenters. The van der Waals surface area contributed by atoms with Crippen LogP contribution in [0.25, 0.3) is 11.1 Å². The molecular weight excluding hydrogens is 265 g/mol. The van der Waals surface area contributed by atoms with Gasteiger partial charge < -0.3 is 10.1 Å². The van der Waals surface area contributed by atoms with Crippen molar-refractivity contribution >= 4 is 0 Å². The van der Waals surface area contributed by atoms with E-state index in [9.17, 15) is 4.39 Å². The van der Waals surface area contributed by atoms with Crippen LogP contribution in [0, 0.1) is 12.7 Å². The smallest absolute Gasteiger partial charge is 0.126 e. The number of halogens is 1. The number of rotatable bonds is 5. The zero-order valence-corrected chi connectivity index (χ0v) is 13.0. The topological polar surface area (TPSA) is 21.3 Å². The van der Waals surface area contributed by atoms with Gasteiger partial charge in [0.05, 0.1) is 7.11 Å². The fourth-order valence-electron chi connectivity index (χ4n) is 2.18. The summed E-state index contributed by atoms with van der Waals surface area (Å²) >= 11 is 0. The third-order valence-corrected chi connectivity index (χ3v) is 3.49. The molecule has 21 heavy (non-hydrogen) atoms. The Hall–Kier alpha value is -1.87. The Balaban J connectivity index is 2.35. The van der Waals surface area contributed by atoms with E-state index in [2.05, 4.69) is 25.2 Å². The van der Waals surface area contributed by atoms with Gasteiger partial charge in [0.15, 0.2) is 0 Å². The molecule has 0 heterocycles. The van der Waals surface area contributed by atoms with Crippen LogP contribution in [0.1, 0.15) is 25.0 Å². The highest BCUT2D eigenvalue weighted by Gasteiger charge is 2.08. The molecule has 1 N–H and O–H groups in total. The van der Waals surface area contributed by atoms with Crippen LogP contribution < -0.4 is 10.1 Å². The lowest BCUT2D eigenvalue weighted by Crippen LogP contribution is -2.22. The van der Waals surface area contributed by atoms with Gasteiger partial charge >= 0.3 is 0 Å². The number of aryl methyl sites for hydroxylation is 1. The van der Waals surface area contributed by atoms with Gasteiger partial charge in [-0.1, -0.05) is 32.0 Å². The first-order valence-electron chi connectivity index (χ1n) is 7.18. The minimum atomic E-state index is -0.176. The van der Waals surface area contributed by atoms with Gasteiger partial charge in [0.2, 0.25) is 0 Å². The summed E-state index contributed by atoms with van der Waals surface area (Å²) in [5.41, 5.74) is 3.61. The Morgan fingerprint density at radius 3 is 2.38 bits per heavy atom. The second-order valence-electron chi connectivity index (χ2n) is 5.53. The van der Waals surface area contributed by atoms with Crippen LogP contribution in [0.5, 0.6) is 5.75 Å². The van der Waals surface area contributed by atoms with E-state index >= 15 is 0 Å². The maximum absolute atomic E-state index is 13.7. The van der Waals surface area contributed by atoms with E-state index in [0.29, 0.717) is 11.6 Å². The number of benzene rings is 2. The molecule has 0 saturated carbocycles. The number of hydrogen-bond donors (Lipinski definition) is 1. The van der Waals surface area contributed by atoms with Crippen LogP contribution in [0.2, 0.25) is 0 Å². The van der Waals surface area contributed by atoms with Gasteiger partial charge in [-0.3, -0.25) is 0 Å². The summed E-state index contributed by atoms with van der Waals surface area (Å²) in [5, 5.41) is 3.38. The molecule has 2 nitrogen and oxygen atoms in total. The van der Waals surface area contributed by atoms with Crippen LogP contribution in [0.3, 0.4) is 0 Å². The molecule has 0 bridgehead atoms. The molecule has 0 spiro atoms. The molecule has 0 radical (unpaired) electrons. The fraction of sp³-hybridized carbons (Fsp3) is 0.333. The first kappa shape index (κ1) is 15.5. The van der Waals surface area contributed by atoms with Crippen molar-refractivity contribution in [2.24, 2.45) is 0 Å². The first-order valence-corrected chi connectivity index (χ1v) is 7.18. The zero-order valence-electron chi connectivity index (χ0n) is 13.0. The van der Waals surface area contributed by atoms with Crippen LogP contribution in [0.15, 0.2) is 36.4 Å². The third kappa shape index (κ3) is 3.82. The lowest BCUT2D eigenvalue weighted by Gasteiger charge is -2.14. The van der Waals surface area contributed by atoms with Gasteiger partial charge in [-0.05, 0) is 41.8 Å². The Morgan fingerprint density at radius 1 is 1.10 bits per heavy atom. The molecule has 0 aromatic heterocycles. The molecule has 112 valence electrons. The normalized spacial score (nSPS) is 11.0.